The molecule has 1 aromatic heterocycles. The van der Waals surface area contributed by atoms with Gasteiger partial charge in [0.25, 0.3) is 0 Å². The molecule has 0 amide bonds. The van der Waals surface area contributed by atoms with Crippen LogP contribution in [0.2, 0.25) is 0 Å². The van der Waals surface area contributed by atoms with Gasteiger partial charge in [-0.3, -0.25) is 14.6 Å². The summed E-state index contributed by atoms with van der Waals surface area (Å²) in [7, 11) is 0. The predicted octanol–water partition coefficient (Wildman–Crippen LogP) is 5.12. The number of cyclic esters (lactones) is 1. The minimum atomic E-state index is -1.71. The maximum atomic E-state index is 14.3. The molecule has 8 rings (SSSR count). The first-order valence-electron chi connectivity index (χ1n) is 23.8. The van der Waals surface area contributed by atoms with Crippen LogP contribution in [0.3, 0.4) is 0 Å². The molecule has 342 valence electrons. The summed E-state index contributed by atoms with van der Waals surface area (Å²) in [4.78, 5) is 35.4. The highest BCUT2D eigenvalue weighted by Crippen LogP contribution is 2.73. The molecule has 1 saturated heterocycles. The maximum absolute atomic E-state index is 14.3. The van der Waals surface area contributed by atoms with Crippen molar-refractivity contribution in [1.82, 2.24) is 4.98 Å². The highest BCUT2D eigenvalue weighted by atomic mass is 16.5. The summed E-state index contributed by atoms with van der Waals surface area (Å²) < 4.78 is 5.87. The fourth-order valence-electron chi connectivity index (χ4n) is 15.5. The summed E-state index contributed by atoms with van der Waals surface area (Å²) in [5.74, 6) is 4.84. The third-order valence-electron chi connectivity index (χ3n) is 19.0. The van der Waals surface area contributed by atoms with Gasteiger partial charge in [0, 0.05) is 54.4 Å². The maximum Gasteiger partial charge on any atom is 0.313 e. The van der Waals surface area contributed by atoms with Crippen molar-refractivity contribution in [2.24, 2.45) is 86.0 Å². The Hall–Kier alpha value is -3.21. The van der Waals surface area contributed by atoms with Crippen LogP contribution in [0.4, 0.5) is 0 Å². The quantitative estimate of drug-likeness (QED) is 0.0746. The molecule has 5 fully saturated rings. The van der Waals surface area contributed by atoms with Crippen molar-refractivity contribution in [2.45, 2.75) is 160 Å². The molecule has 6 aliphatic carbocycles. The Balaban J connectivity index is 1.30. The number of guanidine groups is 1. The number of nitrogens with one attached hydrogen (secondary N) is 1. The topological polar surface area (TPSA) is 225 Å². The second-order valence-electron chi connectivity index (χ2n) is 22.4. The number of H-pyrrole nitrogens is 1. The number of aliphatic hydroxyl groups is 5. The molecule has 10 N–H and O–H groups in total. The van der Waals surface area contributed by atoms with E-state index in [1.54, 1.807) is 13.0 Å². The molecule has 2 bridgehead atoms. The number of allylic oxidation sites excluding steroid dienone is 1. The van der Waals surface area contributed by atoms with Gasteiger partial charge in [0.05, 0.1) is 41.5 Å². The largest absolute Gasteiger partial charge is 0.465 e. The Bertz CT molecular complexity index is 2000. The molecule has 4 saturated carbocycles. The molecule has 2 heterocycles. The van der Waals surface area contributed by atoms with Gasteiger partial charge >= 0.3 is 5.97 Å². The number of hydrogen-bond donors (Lipinski definition) is 8. The van der Waals surface area contributed by atoms with E-state index in [4.69, 9.17) is 16.2 Å². The van der Waals surface area contributed by atoms with Crippen LogP contribution in [-0.4, -0.2) is 90.4 Å². The van der Waals surface area contributed by atoms with E-state index in [-0.39, 0.29) is 85.1 Å². The van der Waals surface area contributed by atoms with Gasteiger partial charge < -0.3 is 46.7 Å². The SMILES string of the molecule is CC(C)CC[C@]12CC[C@@](O)(C[C@@H](C)[C@@H]1C)[C@](C)(O)[C@H]1[C@@H](CC#C[C@H]([C@@H]3COC(=O)[C@H]3c3cc[nH]c3)C2)C[C@@]2(O)C3=CC(=O)[C@@H]4C[C@@H](O)[C@@H](O)C[C@]4(C)[C@H]3CC[C@]12CCN=C(N)N. The van der Waals surface area contributed by atoms with E-state index < -0.39 is 63.5 Å². The van der Waals surface area contributed by atoms with Crippen molar-refractivity contribution in [3.63, 3.8) is 0 Å². The van der Waals surface area contributed by atoms with E-state index in [2.05, 4.69) is 49.5 Å². The number of aliphatic hydroxyl groups excluding tert-OH is 2. The molecular formula is C50H74N4O8. The van der Waals surface area contributed by atoms with Crippen LogP contribution in [0.25, 0.3) is 0 Å². The van der Waals surface area contributed by atoms with Gasteiger partial charge in [-0.2, -0.15) is 0 Å². The lowest BCUT2D eigenvalue weighted by atomic mass is 9.44. The highest BCUT2D eigenvalue weighted by molar-refractivity contribution is 5.95. The zero-order chi connectivity index (χ0) is 44.8. The number of esters is 1. The normalized spacial score (nSPS) is 47.6. The number of carbonyl (C=O) groups is 2. The predicted molar refractivity (Wildman–Crippen MR) is 236 cm³/mol. The Morgan fingerprint density at radius 3 is 2.45 bits per heavy atom. The highest BCUT2D eigenvalue weighted by Gasteiger charge is 2.74. The zero-order valence-electron chi connectivity index (χ0n) is 37.9. The monoisotopic (exact) mass is 859 g/mol. The zero-order valence-corrected chi connectivity index (χ0v) is 37.9. The fourth-order valence-corrected chi connectivity index (χ4v) is 15.5. The molecular weight excluding hydrogens is 785 g/mol. The van der Waals surface area contributed by atoms with Crippen molar-refractivity contribution in [2.75, 3.05) is 13.2 Å². The number of carbonyl (C=O) groups excluding carboxylic acids is 2. The molecule has 0 unspecified atom stereocenters. The number of fused-ring (bicyclic) bond motifs is 10. The molecule has 0 spiro atoms. The van der Waals surface area contributed by atoms with E-state index in [9.17, 15) is 35.1 Å². The fraction of sp³-hybridized carbons (Fsp3) is 0.780. The summed E-state index contributed by atoms with van der Waals surface area (Å²) >= 11 is 0. The first-order chi connectivity index (χ1) is 29.1. The summed E-state index contributed by atoms with van der Waals surface area (Å²) in [6.07, 6.45) is 9.62. The minimum Gasteiger partial charge on any atom is -0.465 e. The number of aliphatic imine (C=N–C) groups is 1. The number of ketones is 1. The first kappa shape index (κ1) is 45.4. The number of ether oxygens (including phenoxy) is 1. The molecule has 7 aliphatic rings. The molecule has 62 heavy (non-hydrogen) atoms. The third-order valence-corrected chi connectivity index (χ3v) is 19.0. The Kier molecular flexibility index (Phi) is 11.7. The van der Waals surface area contributed by atoms with Gasteiger partial charge in [0.2, 0.25) is 0 Å². The van der Waals surface area contributed by atoms with Gasteiger partial charge in [0.1, 0.15) is 0 Å². The van der Waals surface area contributed by atoms with Gasteiger partial charge in [-0.05, 0) is 141 Å². The van der Waals surface area contributed by atoms with E-state index in [0.29, 0.717) is 56.4 Å². The van der Waals surface area contributed by atoms with Crippen molar-refractivity contribution in [3.05, 3.63) is 35.7 Å². The minimum absolute atomic E-state index is 0.00753. The summed E-state index contributed by atoms with van der Waals surface area (Å²) in [5.41, 5.74) is 6.47. The van der Waals surface area contributed by atoms with Crippen LogP contribution < -0.4 is 11.5 Å². The van der Waals surface area contributed by atoms with Crippen molar-refractivity contribution < 1.29 is 39.9 Å². The lowest BCUT2D eigenvalue weighted by molar-refractivity contribution is -0.227. The molecule has 17 atom stereocenters. The second-order valence-corrected chi connectivity index (χ2v) is 22.4. The van der Waals surface area contributed by atoms with Crippen LogP contribution in [-0.2, 0) is 14.3 Å². The van der Waals surface area contributed by atoms with E-state index >= 15 is 0 Å². The average molecular weight is 859 g/mol. The molecule has 0 radical (unpaired) electrons. The van der Waals surface area contributed by atoms with Crippen LogP contribution in [0.5, 0.6) is 0 Å². The molecule has 0 aromatic carbocycles. The van der Waals surface area contributed by atoms with Gasteiger partial charge in [0.15, 0.2) is 11.7 Å². The number of aromatic amines is 1. The van der Waals surface area contributed by atoms with Crippen LogP contribution in [0.15, 0.2) is 35.1 Å². The van der Waals surface area contributed by atoms with Gasteiger partial charge in [-0.25, -0.2) is 0 Å². The lowest BCUT2D eigenvalue weighted by Gasteiger charge is -2.62. The molecule has 12 nitrogen and oxygen atoms in total. The molecule has 1 aliphatic heterocycles. The Morgan fingerprint density at radius 1 is 1.00 bits per heavy atom. The van der Waals surface area contributed by atoms with Crippen LogP contribution in [0, 0.1) is 81.3 Å². The van der Waals surface area contributed by atoms with Crippen molar-refractivity contribution >= 4 is 17.7 Å². The summed E-state index contributed by atoms with van der Waals surface area (Å²) in [6.45, 7) is 13.3. The smallest absolute Gasteiger partial charge is 0.313 e. The average Bonchev–Trinajstić information content (AvgIpc) is 3.91. The standard InChI is InChI=1S/C50H74N4O8/c1-28(2)10-13-47-15-16-49(60,22-29(3)30(47)4)46(6,59)42-32(9-7-8-31(23-47)34-27-62-43(58)41(34)33-12-18-53-26-33)24-50(61)36-20-38(55)37-21-39(56)40(57)25-45(37,5)35(36)11-14-48(42,50)17-19-54-44(51)52/h12,18,20,26,28-32,34-35,37,39-42,53,56-57,59-61H,9-11,13-17,19,21-25,27H2,1-6H3,(H4,51,52,54)/t29-,30+,31+,32+,34+,35+,37+,39-,40+,41+,42-,45-,46-,47-,48+,49-,50-/m1/s1. The first-order valence-corrected chi connectivity index (χ1v) is 23.8. The Morgan fingerprint density at radius 2 is 1.76 bits per heavy atom. The van der Waals surface area contributed by atoms with Crippen LogP contribution >= 0.6 is 0 Å². The second kappa shape index (κ2) is 16.0. The summed E-state index contributed by atoms with van der Waals surface area (Å²) in [6, 6.07) is 1.95. The molecule has 1 aromatic rings. The third kappa shape index (κ3) is 7.01. The Labute approximate surface area is 368 Å². The number of nitrogens with two attached hydrogens (primary N) is 2. The van der Waals surface area contributed by atoms with Gasteiger partial charge in [-0.15, -0.1) is 5.92 Å². The number of nitrogens with zero attached hydrogens (tertiary/aromatic N) is 1. The van der Waals surface area contributed by atoms with E-state index in [0.717, 1.165) is 24.8 Å². The number of aromatic nitrogens is 1. The van der Waals surface area contributed by atoms with Crippen LogP contribution in [0.1, 0.15) is 136 Å². The number of rotatable bonds is 8. The summed E-state index contributed by atoms with van der Waals surface area (Å²) in [5, 5.41) is 62.9. The van der Waals surface area contributed by atoms with Crippen molar-refractivity contribution in [1.29, 1.82) is 0 Å². The van der Waals surface area contributed by atoms with E-state index in [1.165, 1.54) is 0 Å². The number of hydrogen-bond acceptors (Lipinski definition) is 9. The van der Waals surface area contributed by atoms with Crippen molar-refractivity contribution in [3.8, 4) is 11.8 Å². The van der Waals surface area contributed by atoms with Gasteiger partial charge in [-0.1, -0.05) is 47.0 Å². The lowest BCUT2D eigenvalue weighted by Crippen LogP contribution is -2.66. The van der Waals surface area contributed by atoms with E-state index in [1.807, 2.05) is 25.4 Å². The molecule has 12 heteroatoms.